The van der Waals surface area contributed by atoms with Crippen LogP contribution >= 0.6 is 0 Å². The number of benzene rings is 4. The SMILES string of the molecule is CCc1ccccc1-c1cccc2c1C=C(C(C)(CC(C)C)C1=Cc3c(cccc3-c3ccccc3CC)C1)C2. The van der Waals surface area contributed by atoms with Crippen LogP contribution < -0.4 is 0 Å². The van der Waals surface area contributed by atoms with Gasteiger partial charge in [0.15, 0.2) is 0 Å². The standard InChI is InChI=1S/C40H42/c1-6-28-14-8-10-18-34(28)36-20-12-16-30-22-32(24-38(30)36)40(5,26-27(3)4)33-23-31-17-13-21-37(39(31)25-33)35-19-11-9-15-29(35)7-2/h8-21,24-25,27H,6-7,22-23,26H2,1-5H3. The highest BCUT2D eigenvalue weighted by molar-refractivity contribution is 5.85. The predicted molar refractivity (Wildman–Crippen MR) is 173 cm³/mol. The van der Waals surface area contributed by atoms with Crippen LogP contribution in [-0.2, 0) is 25.7 Å². The van der Waals surface area contributed by atoms with Gasteiger partial charge in [0.1, 0.15) is 0 Å². The van der Waals surface area contributed by atoms with E-state index in [4.69, 9.17) is 0 Å². The van der Waals surface area contributed by atoms with Crippen LogP contribution in [0.25, 0.3) is 34.4 Å². The van der Waals surface area contributed by atoms with Gasteiger partial charge in [0.05, 0.1) is 0 Å². The van der Waals surface area contributed by atoms with Crippen molar-refractivity contribution in [2.75, 3.05) is 0 Å². The van der Waals surface area contributed by atoms with Crippen LogP contribution in [0.5, 0.6) is 0 Å². The topological polar surface area (TPSA) is 0 Å². The third-order valence-corrected chi connectivity index (χ3v) is 9.40. The maximum Gasteiger partial charge on any atom is 0.0108 e. The number of hydrogen-bond acceptors (Lipinski definition) is 0. The molecule has 2 aliphatic rings. The van der Waals surface area contributed by atoms with E-state index in [1.165, 1.54) is 55.6 Å². The van der Waals surface area contributed by atoms with Crippen LogP contribution in [0.4, 0.5) is 0 Å². The summed E-state index contributed by atoms with van der Waals surface area (Å²) >= 11 is 0. The summed E-state index contributed by atoms with van der Waals surface area (Å²) in [6, 6.07) is 31.8. The summed E-state index contributed by atoms with van der Waals surface area (Å²) in [6.07, 6.45) is 10.5. The van der Waals surface area contributed by atoms with Crippen LogP contribution in [0.1, 0.15) is 74.4 Å². The smallest absolute Gasteiger partial charge is 0.0108 e. The van der Waals surface area contributed by atoms with Gasteiger partial charge >= 0.3 is 0 Å². The van der Waals surface area contributed by atoms with E-state index in [1.807, 2.05) is 0 Å². The fraction of sp³-hybridized carbons (Fsp3) is 0.300. The lowest BCUT2D eigenvalue weighted by molar-refractivity contribution is 0.363. The molecular weight excluding hydrogens is 480 g/mol. The van der Waals surface area contributed by atoms with Gasteiger partial charge in [-0.25, -0.2) is 0 Å². The molecule has 0 saturated carbocycles. The molecule has 2 aliphatic carbocycles. The van der Waals surface area contributed by atoms with E-state index in [0.717, 1.165) is 32.1 Å². The summed E-state index contributed by atoms with van der Waals surface area (Å²) in [5.41, 5.74) is 17.4. The van der Waals surface area contributed by atoms with Gasteiger partial charge in [-0.05, 0) is 93.7 Å². The molecule has 0 unspecified atom stereocenters. The summed E-state index contributed by atoms with van der Waals surface area (Å²) in [5, 5.41) is 0. The van der Waals surface area contributed by atoms with E-state index in [0.29, 0.717) is 5.92 Å². The average molecular weight is 523 g/mol. The first-order valence-electron chi connectivity index (χ1n) is 15.2. The Labute approximate surface area is 241 Å². The van der Waals surface area contributed by atoms with E-state index < -0.39 is 0 Å². The zero-order valence-corrected chi connectivity index (χ0v) is 24.9. The molecule has 0 saturated heterocycles. The largest absolute Gasteiger partial charge is 0.0627 e. The minimum atomic E-state index is 0.0231. The van der Waals surface area contributed by atoms with Crippen molar-refractivity contribution in [3.63, 3.8) is 0 Å². The molecule has 0 atom stereocenters. The molecule has 0 amide bonds. The van der Waals surface area contributed by atoms with E-state index in [-0.39, 0.29) is 5.41 Å². The maximum atomic E-state index is 2.57. The van der Waals surface area contributed by atoms with Gasteiger partial charge in [-0.1, -0.05) is 143 Å². The van der Waals surface area contributed by atoms with Gasteiger partial charge in [-0.3, -0.25) is 0 Å². The first-order valence-corrected chi connectivity index (χ1v) is 15.2. The lowest BCUT2D eigenvalue weighted by Crippen LogP contribution is -2.25. The summed E-state index contributed by atoms with van der Waals surface area (Å²) < 4.78 is 0. The van der Waals surface area contributed by atoms with Crippen LogP contribution in [-0.4, -0.2) is 0 Å². The molecule has 0 heteroatoms. The number of fused-ring (bicyclic) bond motifs is 2. The Hall–Kier alpha value is -3.64. The Kier molecular flexibility index (Phi) is 7.13. The summed E-state index contributed by atoms with van der Waals surface area (Å²) in [5.74, 6) is 0.611. The van der Waals surface area contributed by atoms with Crippen LogP contribution in [0, 0.1) is 11.3 Å². The molecule has 4 aromatic carbocycles. The first-order chi connectivity index (χ1) is 19.4. The minimum Gasteiger partial charge on any atom is -0.0627 e. The molecule has 0 bridgehead atoms. The monoisotopic (exact) mass is 522 g/mol. The van der Waals surface area contributed by atoms with Crippen LogP contribution in [0.3, 0.4) is 0 Å². The molecule has 4 aromatic rings. The molecule has 40 heavy (non-hydrogen) atoms. The van der Waals surface area contributed by atoms with E-state index in [1.54, 1.807) is 11.1 Å². The van der Waals surface area contributed by atoms with Gasteiger partial charge in [0.2, 0.25) is 0 Å². The molecular formula is C40H42. The Bertz CT molecular complexity index is 1510. The van der Waals surface area contributed by atoms with Crippen molar-refractivity contribution in [2.45, 2.75) is 66.7 Å². The fourth-order valence-corrected chi connectivity index (χ4v) is 7.38. The first kappa shape index (κ1) is 26.6. The second-order valence-corrected chi connectivity index (χ2v) is 12.4. The summed E-state index contributed by atoms with van der Waals surface area (Å²) in [6.45, 7) is 11.8. The lowest BCUT2D eigenvalue weighted by atomic mass is 9.69. The maximum absolute atomic E-state index is 2.57. The number of aryl methyl sites for hydroxylation is 2. The van der Waals surface area contributed by atoms with Crippen molar-refractivity contribution in [3.8, 4) is 22.3 Å². The van der Waals surface area contributed by atoms with Crippen molar-refractivity contribution < 1.29 is 0 Å². The average Bonchev–Trinajstić information content (AvgIpc) is 3.62. The second kappa shape index (κ2) is 10.7. The third kappa shape index (κ3) is 4.58. The highest BCUT2D eigenvalue weighted by Gasteiger charge is 2.38. The number of rotatable bonds is 8. The zero-order chi connectivity index (χ0) is 27.9. The molecule has 6 rings (SSSR count). The molecule has 0 aromatic heterocycles. The zero-order valence-electron chi connectivity index (χ0n) is 24.9. The van der Waals surface area contributed by atoms with E-state index in [2.05, 4.69) is 132 Å². The molecule has 0 N–H and O–H groups in total. The molecule has 0 heterocycles. The van der Waals surface area contributed by atoms with Gasteiger partial charge in [0.25, 0.3) is 0 Å². The minimum absolute atomic E-state index is 0.0231. The highest BCUT2D eigenvalue weighted by Crippen LogP contribution is 2.52. The second-order valence-electron chi connectivity index (χ2n) is 12.4. The van der Waals surface area contributed by atoms with Gasteiger partial charge in [-0.2, -0.15) is 0 Å². The Balaban J connectivity index is 1.45. The molecule has 0 radical (unpaired) electrons. The summed E-state index contributed by atoms with van der Waals surface area (Å²) in [7, 11) is 0. The highest BCUT2D eigenvalue weighted by atomic mass is 14.4. The van der Waals surface area contributed by atoms with Crippen LogP contribution in [0.2, 0.25) is 0 Å². The molecule has 0 fully saturated rings. The molecule has 0 aliphatic heterocycles. The van der Waals surface area contributed by atoms with Gasteiger partial charge in [0, 0.05) is 5.41 Å². The number of allylic oxidation sites excluding steroid dienone is 2. The van der Waals surface area contributed by atoms with Crippen molar-refractivity contribution in [1.29, 1.82) is 0 Å². The van der Waals surface area contributed by atoms with Crippen LogP contribution in [0.15, 0.2) is 96.1 Å². The van der Waals surface area contributed by atoms with Gasteiger partial charge in [-0.15, -0.1) is 0 Å². The Morgan fingerprint density at radius 2 is 1.00 bits per heavy atom. The molecule has 0 nitrogen and oxygen atoms in total. The quantitative estimate of drug-likeness (QED) is 0.216. The lowest BCUT2D eigenvalue weighted by Gasteiger charge is -2.35. The Morgan fingerprint density at radius 3 is 1.43 bits per heavy atom. The van der Waals surface area contributed by atoms with Crippen molar-refractivity contribution >= 4 is 12.2 Å². The van der Waals surface area contributed by atoms with Crippen molar-refractivity contribution in [1.82, 2.24) is 0 Å². The fourth-order valence-electron chi connectivity index (χ4n) is 7.38. The van der Waals surface area contributed by atoms with E-state index >= 15 is 0 Å². The van der Waals surface area contributed by atoms with Gasteiger partial charge < -0.3 is 0 Å². The third-order valence-electron chi connectivity index (χ3n) is 9.40. The Morgan fingerprint density at radius 1 is 0.575 bits per heavy atom. The summed E-state index contributed by atoms with van der Waals surface area (Å²) in [4.78, 5) is 0. The molecule has 202 valence electrons. The van der Waals surface area contributed by atoms with Crippen molar-refractivity contribution in [2.24, 2.45) is 11.3 Å². The van der Waals surface area contributed by atoms with E-state index in [9.17, 15) is 0 Å². The van der Waals surface area contributed by atoms with Crippen molar-refractivity contribution in [3.05, 3.63) is 129 Å². The molecule has 0 spiro atoms. The normalized spacial score (nSPS) is 14.2. The predicted octanol–water partition coefficient (Wildman–Crippen LogP) is 10.8. The number of hydrogen-bond donors (Lipinski definition) is 0.